The molecular formula is C24H29N5O4S. The molecule has 34 heavy (non-hydrogen) atoms. The van der Waals surface area contributed by atoms with Crippen molar-refractivity contribution >= 4 is 23.8 Å². The second-order valence-corrected chi connectivity index (χ2v) is 8.99. The third kappa shape index (κ3) is 5.44. The number of thioether (sulfide) groups is 1. The van der Waals surface area contributed by atoms with Gasteiger partial charge in [0, 0.05) is 38.4 Å². The minimum Gasteiger partial charge on any atom is -0.461 e. The van der Waals surface area contributed by atoms with Crippen molar-refractivity contribution in [1.82, 2.24) is 24.6 Å². The number of hydrogen-bond donors (Lipinski definition) is 0. The number of nitrogens with zero attached hydrogens (tertiary/aromatic N) is 5. The summed E-state index contributed by atoms with van der Waals surface area (Å²) in [7, 11) is 0. The van der Waals surface area contributed by atoms with Gasteiger partial charge >= 0.3 is 6.09 Å². The van der Waals surface area contributed by atoms with Crippen LogP contribution in [0.3, 0.4) is 0 Å². The van der Waals surface area contributed by atoms with Gasteiger partial charge in [0.05, 0.1) is 18.6 Å². The van der Waals surface area contributed by atoms with E-state index in [2.05, 4.69) is 23.2 Å². The molecule has 10 heteroatoms. The zero-order chi connectivity index (χ0) is 23.9. The number of rotatable bonds is 8. The average Bonchev–Trinajstić information content (AvgIpc) is 3.52. The lowest BCUT2D eigenvalue weighted by Gasteiger charge is -2.34. The Balaban J connectivity index is 1.34. The Morgan fingerprint density at radius 2 is 1.82 bits per heavy atom. The van der Waals surface area contributed by atoms with Gasteiger partial charge in [0.15, 0.2) is 10.9 Å². The molecule has 180 valence electrons. The first-order valence-electron chi connectivity index (χ1n) is 11.5. The Bertz CT molecular complexity index is 1110. The number of benzene rings is 1. The zero-order valence-corrected chi connectivity index (χ0v) is 20.3. The quantitative estimate of drug-likeness (QED) is 0.353. The number of ether oxygens (including phenoxy) is 1. The summed E-state index contributed by atoms with van der Waals surface area (Å²) in [5.41, 5.74) is 2.10. The summed E-state index contributed by atoms with van der Waals surface area (Å²) in [6.45, 7) is 6.30. The van der Waals surface area contributed by atoms with Gasteiger partial charge in [-0.3, -0.25) is 9.36 Å². The summed E-state index contributed by atoms with van der Waals surface area (Å²) < 4.78 is 12.6. The molecule has 2 amide bonds. The maximum absolute atomic E-state index is 12.6. The number of furan rings is 1. The van der Waals surface area contributed by atoms with Gasteiger partial charge in [0.2, 0.25) is 11.7 Å². The summed E-state index contributed by atoms with van der Waals surface area (Å²) in [4.78, 5) is 27.9. The van der Waals surface area contributed by atoms with Crippen molar-refractivity contribution in [1.29, 1.82) is 0 Å². The van der Waals surface area contributed by atoms with E-state index >= 15 is 0 Å². The molecule has 1 saturated heterocycles. The first kappa shape index (κ1) is 23.9. The number of carbonyl (C=O) groups is 2. The van der Waals surface area contributed by atoms with Crippen LogP contribution in [-0.4, -0.2) is 75.1 Å². The third-order valence-corrected chi connectivity index (χ3v) is 6.67. The van der Waals surface area contributed by atoms with E-state index in [0.29, 0.717) is 50.8 Å². The van der Waals surface area contributed by atoms with Gasteiger partial charge in [-0.25, -0.2) is 4.79 Å². The Hall–Kier alpha value is -3.27. The molecule has 0 aliphatic carbocycles. The van der Waals surface area contributed by atoms with E-state index in [0.717, 1.165) is 28.6 Å². The summed E-state index contributed by atoms with van der Waals surface area (Å²) in [5, 5.41) is 9.55. The number of para-hydroxylation sites is 1. The molecule has 1 aliphatic rings. The molecule has 2 aromatic heterocycles. The number of aryl methyl sites for hydroxylation is 1. The van der Waals surface area contributed by atoms with Crippen LogP contribution < -0.4 is 0 Å². The topological polar surface area (TPSA) is 93.7 Å². The highest BCUT2D eigenvalue weighted by Crippen LogP contribution is 2.30. The summed E-state index contributed by atoms with van der Waals surface area (Å²) >= 11 is 1.57. The Labute approximate surface area is 203 Å². The smallest absolute Gasteiger partial charge is 0.409 e. The number of piperazine rings is 1. The lowest BCUT2D eigenvalue weighted by Crippen LogP contribution is -2.50. The van der Waals surface area contributed by atoms with Crippen LogP contribution in [0.5, 0.6) is 0 Å². The molecule has 0 unspecified atom stereocenters. The van der Waals surface area contributed by atoms with Crippen LogP contribution in [0.2, 0.25) is 0 Å². The van der Waals surface area contributed by atoms with Crippen molar-refractivity contribution in [2.75, 3.05) is 38.5 Å². The van der Waals surface area contributed by atoms with Crippen molar-refractivity contribution < 1.29 is 18.7 Å². The van der Waals surface area contributed by atoms with Crippen molar-refractivity contribution in [3.8, 4) is 17.3 Å². The number of hydrogen-bond acceptors (Lipinski definition) is 7. The largest absolute Gasteiger partial charge is 0.461 e. The zero-order valence-electron chi connectivity index (χ0n) is 19.5. The van der Waals surface area contributed by atoms with E-state index in [-0.39, 0.29) is 12.0 Å². The lowest BCUT2D eigenvalue weighted by atomic mass is 10.2. The van der Waals surface area contributed by atoms with Crippen LogP contribution in [0.4, 0.5) is 4.79 Å². The highest BCUT2D eigenvalue weighted by Gasteiger charge is 2.25. The first-order valence-corrected chi connectivity index (χ1v) is 12.4. The molecule has 1 fully saturated rings. The second-order valence-electron chi connectivity index (χ2n) is 7.92. The van der Waals surface area contributed by atoms with Gasteiger partial charge < -0.3 is 19.0 Å². The van der Waals surface area contributed by atoms with E-state index in [4.69, 9.17) is 9.15 Å². The fraction of sp³-hybridized carbons (Fsp3) is 0.417. The van der Waals surface area contributed by atoms with Crippen LogP contribution in [-0.2, 0) is 9.53 Å². The summed E-state index contributed by atoms with van der Waals surface area (Å²) in [6.07, 6.45) is 2.49. The fourth-order valence-electron chi connectivity index (χ4n) is 3.86. The number of amides is 2. The molecular weight excluding hydrogens is 454 g/mol. The van der Waals surface area contributed by atoms with Gasteiger partial charge in [0.25, 0.3) is 0 Å². The van der Waals surface area contributed by atoms with E-state index in [9.17, 15) is 9.59 Å². The van der Waals surface area contributed by atoms with Crippen LogP contribution >= 0.6 is 11.8 Å². The highest BCUT2D eigenvalue weighted by atomic mass is 32.2. The van der Waals surface area contributed by atoms with Gasteiger partial charge in [-0.2, -0.15) is 0 Å². The normalized spacial score (nSPS) is 13.8. The van der Waals surface area contributed by atoms with E-state index in [1.165, 1.54) is 0 Å². The van der Waals surface area contributed by atoms with Crippen molar-refractivity contribution in [3.63, 3.8) is 0 Å². The molecule has 0 radical (unpaired) electrons. The van der Waals surface area contributed by atoms with Crippen molar-refractivity contribution in [3.05, 3.63) is 48.2 Å². The molecule has 0 saturated carbocycles. The molecule has 0 atom stereocenters. The van der Waals surface area contributed by atoms with Gasteiger partial charge in [-0.05, 0) is 44.0 Å². The molecule has 1 aliphatic heterocycles. The molecule has 3 heterocycles. The van der Waals surface area contributed by atoms with Crippen molar-refractivity contribution in [2.24, 2.45) is 0 Å². The summed E-state index contributed by atoms with van der Waals surface area (Å²) in [6, 6.07) is 11.8. The minimum absolute atomic E-state index is 0.112. The lowest BCUT2D eigenvalue weighted by molar-refractivity contribution is -0.132. The predicted molar refractivity (Wildman–Crippen MR) is 129 cm³/mol. The van der Waals surface area contributed by atoms with Crippen molar-refractivity contribution in [2.45, 2.75) is 31.8 Å². The molecule has 9 nitrogen and oxygen atoms in total. The SMILES string of the molecule is CCOC(=O)N1CCN(C(=O)CCCSc2nnc(-c3ccco3)n2-c2ccccc2C)CC1. The molecule has 4 rings (SSSR count). The van der Waals surface area contributed by atoms with Crippen LogP contribution in [0.15, 0.2) is 52.2 Å². The fourth-order valence-corrected chi connectivity index (χ4v) is 4.74. The standard InChI is InChI=1S/C24H29N5O4S/c1-3-32-24(31)28-14-12-27(13-15-28)21(30)11-7-17-34-23-26-25-22(20-10-6-16-33-20)29(23)19-9-5-4-8-18(19)2/h4-6,8-10,16H,3,7,11-15,17H2,1-2H3. The Kier molecular flexibility index (Phi) is 7.89. The monoisotopic (exact) mass is 483 g/mol. The Morgan fingerprint density at radius 3 is 2.53 bits per heavy atom. The van der Waals surface area contributed by atoms with Crippen LogP contribution in [0.1, 0.15) is 25.3 Å². The number of carbonyl (C=O) groups excluding carboxylic acids is 2. The molecule has 3 aromatic rings. The van der Waals surface area contributed by atoms with E-state index in [1.807, 2.05) is 39.8 Å². The van der Waals surface area contributed by atoms with Crippen LogP contribution in [0.25, 0.3) is 17.3 Å². The predicted octanol–water partition coefficient (Wildman–Crippen LogP) is 4.01. The van der Waals surface area contributed by atoms with Gasteiger partial charge in [-0.1, -0.05) is 30.0 Å². The molecule has 1 aromatic carbocycles. The van der Waals surface area contributed by atoms with Crippen LogP contribution in [0, 0.1) is 6.92 Å². The molecule has 0 N–H and O–H groups in total. The van der Waals surface area contributed by atoms with E-state index < -0.39 is 0 Å². The highest BCUT2D eigenvalue weighted by molar-refractivity contribution is 7.99. The average molecular weight is 484 g/mol. The van der Waals surface area contributed by atoms with Gasteiger partial charge in [0.1, 0.15) is 0 Å². The third-order valence-electron chi connectivity index (χ3n) is 5.66. The molecule has 0 spiro atoms. The maximum atomic E-state index is 12.6. The molecule has 0 bridgehead atoms. The second kappa shape index (κ2) is 11.2. The summed E-state index contributed by atoms with van der Waals surface area (Å²) in [5.74, 6) is 2.15. The number of aromatic nitrogens is 3. The maximum Gasteiger partial charge on any atom is 0.409 e. The minimum atomic E-state index is -0.308. The Morgan fingerprint density at radius 1 is 1.06 bits per heavy atom. The van der Waals surface area contributed by atoms with E-state index in [1.54, 1.807) is 29.8 Å². The first-order chi connectivity index (χ1) is 16.6. The van der Waals surface area contributed by atoms with Gasteiger partial charge in [-0.15, -0.1) is 10.2 Å².